The van der Waals surface area contributed by atoms with Crippen molar-refractivity contribution >= 4 is 56.9 Å². The van der Waals surface area contributed by atoms with E-state index >= 15 is 4.79 Å². The van der Waals surface area contributed by atoms with Crippen LogP contribution in [0.4, 0.5) is 0 Å². The fourth-order valence-corrected chi connectivity index (χ4v) is 9.99. The number of thioether (sulfide) groups is 1. The maximum absolute atomic E-state index is 15.1. The van der Waals surface area contributed by atoms with Gasteiger partial charge in [-0.2, -0.15) is 11.8 Å². The first-order valence-corrected chi connectivity index (χ1v) is 19.2. The third kappa shape index (κ3) is 7.84. The number of carbonyl (C=O) groups excluding carboxylic acids is 1. The molecule has 1 saturated carbocycles. The van der Waals surface area contributed by atoms with Crippen molar-refractivity contribution in [3.8, 4) is 0 Å². The predicted octanol–water partition coefficient (Wildman–Crippen LogP) is 6.15. The van der Waals surface area contributed by atoms with E-state index in [1.54, 1.807) is 25.2 Å². The summed E-state index contributed by atoms with van der Waals surface area (Å²) < 4.78 is 28.0. The molecule has 5 rings (SSSR count). The molecule has 0 bridgehead atoms. The van der Waals surface area contributed by atoms with Gasteiger partial charge in [0.25, 0.3) is 0 Å². The Hall–Kier alpha value is -1.82. The molecular weight excluding hydrogens is 653 g/mol. The highest BCUT2D eigenvalue weighted by Gasteiger charge is 2.55. The maximum atomic E-state index is 15.1. The van der Waals surface area contributed by atoms with Crippen LogP contribution in [0.15, 0.2) is 48.5 Å². The van der Waals surface area contributed by atoms with Crippen LogP contribution in [0.1, 0.15) is 68.5 Å². The highest BCUT2D eigenvalue weighted by molar-refractivity contribution is 7.99. The van der Waals surface area contributed by atoms with Crippen LogP contribution < -0.4 is 0 Å². The Morgan fingerprint density at radius 3 is 2.38 bits per heavy atom. The minimum absolute atomic E-state index is 0.125. The third-order valence-electron chi connectivity index (χ3n) is 9.68. The van der Waals surface area contributed by atoms with Gasteiger partial charge in [-0.15, -0.1) is 0 Å². The van der Waals surface area contributed by atoms with E-state index in [9.17, 15) is 18.3 Å². The molecule has 1 N–H and O–H groups in total. The first-order chi connectivity index (χ1) is 21.4. The molecule has 1 aliphatic carbocycles. The maximum Gasteiger partial charge on any atom is 0.304 e. The number of nitrogens with zero attached hydrogens (tertiary/aromatic N) is 3. The van der Waals surface area contributed by atoms with E-state index in [-0.39, 0.29) is 30.0 Å². The standard InChI is InChI=1S/C33H43Cl2N3O5S2/c1-3-27(22-36(2)45(42,43)28-11-12-28)38-31(23-7-9-25(34)10-8-23)29(24-5-4-6-26(35)19-24)20-33(32(38)41,21-30(39)40)13-14-37-15-17-44-18-16-37/h4-10,19,27-29,31H,3,11-18,20-22H2,1-2H3,(H,39,40). The lowest BCUT2D eigenvalue weighted by Gasteiger charge is -2.53. The zero-order valence-corrected chi connectivity index (χ0v) is 29.1. The Labute approximate surface area is 281 Å². The molecule has 2 aliphatic heterocycles. The Morgan fingerprint density at radius 2 is 1.78 bits per heavy atom. The van der Waals surface area contributed by atoms with Gasteiger partial charge in [0, 0.05) is 60.2 Å². The first-order valence-electron chi connectivity index (χ1n) is 15.8. The van der Waals surface area contributed by atoms with E-state index in [4.69, 9.17) is 23.2 Å². The number of carbonyl (C=O) groups is 2. The highest BCUT2D eigenvalue weighted by atomic mass is 35.5. The second-order valence-electron chi connectivity index (χ2n) is 12.7. The van der Waals surface area contributed by atoms with Crippen LogP contribution in [0.2, 0.25) is 10.0 Å². The second kappa shape index (κ2) is 14.5. The normalized spacial score (nSPS) is 25.4. The Balaban J connectivity index is 1.64. The monoisotopic (exact) mass is 695 g/mol. The first kappa shape index (κ1) is 34.5. The van der Waals surface area contributed by atoms with Gasteiger partial charge in [-0.3, -0.25) is 9.59 Å². The average molecular weight is 697 g/mol. The number of hydrogen-bond donors (Lipinski definition) is 1. The molecule has 1 amide bonds. The molecule has 4 unspecified atom stereocenters. The lowest BCUT2D eigenvalue weighted by Crippen LogP contribution is -2.59. The summed E-state index contributed by atoms with van der Waals surface area (Å²) in [6.45, 7) is 4.51. The smallest absolute Gasteiger partial charge is 0.304 e. The lowest BCUT2D eigenvalue weighted by atomic mass is 9.64. The van der Waals surface area contributed by atoms with Gasteiger partial charge in [-0.1, -0.05) is 54.4 Å². The molecule has 3 aliphatic rings. The summed E-state index contributed by atoms with van der Waals surface area (Å²) in [5.41, 5.74) is 0.590. The largest absolute Gasteiger partial charge is 0.481 e. The van der Waals surface area contributed by atoms with Crippen LogP contribution in [-0.2, 0) is 19.6 Å². The van der Waals surface area contributed by atoms with Crippen molar-refractivity contribution in [2.45, 2.75) is 68.7 Å². The van der Waals surface area contributed by atoms with E-state index in [1.165, 1.54) is 4.31 Å². The van der Waals surface area contributed by atoms with E-state index in [1.807, 2.05) is 53.9 Å². The molecule has 3 fully saturated rings. The number of likely N-dealkylation sites (N-methyl/N-ethyl adjacent to an activating group) is 1. The van der Waals surface area contributed by atoms with Gasteiger partial charge in [0.05, 0.1) is 23.1 Å². The minimum atomic E-state index is -3.50. The Morgan fingerprint density at radius 1 is 1.09 bits per heavy atom. The zero-order chi connectivity index (χ0) is 32.4. The number of rotatable bonds is 13. The van der Waals surface area contributed by atoms with E-state index in [2.05, 4.69) is 4.90 Å². The molecule has 0 radical (unpaired) electrons. The molecule has 2 heterocycles. The number of aliphatic carboxylic acids is 1. The quantitative estimate of drug-likeness (QED) is 0.268. The van der Waals surface area contributed by atoms with Crippen LogP contribution in [0, 0.1) is 5.41 Å². The molecule has 2 aromatic rings. The third-order valence-corrected chi connectivity index (χ3v) is 13.4. The predicted molar refractivity (Wildman–Crippen MR) is 182 cm³/mol. The number of carboxylic acids is 1. The number of carboxylic acid groups (broad SMARTS) is 1. The molecule has 246 valence electrons. The van der Waals surface area contributed by atoms with Crippen molar-refractivity contribution in [2.75, 3.05) is 44.7 Å². The van der Waals surface area contributed by atoms with Gasteiger partial charge in [0.15, 0.2) is 0 Å². The fourth-order valence-electron chi connectivity index (χ4n) is 7.06. The summed E-state index contributed by atoms with van der Waals surface area (Å²) in [4.78, 5) is 31.9. The summed E-state index contributed by atoms with van der Waals surface area (Å²) in [7, 11) is -1.91. The topological polar surface area (TPSA) is 98.2 Å². The molecular formula is C33H43Cl2N3O5S2. The molecule has 0 aromatic heterocycles. The van der Waals surface area contributed by atoms with Crippen LogP contribution in [0.3, 0.4) is 0 Å². The summed E-state index contributed by atoms with van der Waals surface area (Å²) in [6.07, 6.45) is 2.21. The van der Waals surface area contributed by atoms with Crippen molar-refractivity contribution < 1.29 is 23.1 Å². The SMILES string of the molecule is CCC(CN(C)S(=O)(=O)C1CC1)N1C(=O)C(CCN2CCSCC2)(CC(=O)O)CC(c2cccc(Cl)c2)C1c1ccc(Cl)cc1. The van der Waals surface area contributed by atoms with Crippen LogP contribution >= 0.6 is 35.0 Å². The molecule has 12 heteroatoms. The van der Waals surface area contributed by atoms with E-state index < -0.39 is 33.5 Å². The number of likely N-dealkylation sites (tertiary alicyclic amines) is 1. The average Bonchev–Trinajstić information content (AvgIpc) is 3.87. The molecule has 0 spiro atoms. The van der Waals surface area contributed by atoms with Crippen molar-refractivity contribution in [1.82, 2.24) is 14.1 Å². The fraction of sp³-hybridized carbons (Fsp3) is 0.576. The number of hydrogen-bond acceptors (Lipinski definition) is 6. The molecule has 8 nitrogen and oxygen atoms in total. The summed E-state index contributed by atoms with van der Waals surface area (Å²) in [5.74, 6) is 0.482. The van der Waals surface area contributed by atoms with Gasteiger partial charge < -0.3 is 14.9 Å². The van der Waals surface area contributed by atoms with E-state index in [0.29, 0.717) is 48.7 Å². The number of benzene rings is 2. The Bertz CT molecular complexity index is 1470. The van der Waals surface area contributed by atoms with Crippen molar-refractivity contribution in [1.29, 1.82) is 0 Å². The van der Waals surface area contributed by atoms with Gasteiger partial charge in [0.1, 0.15) is 0 Å². The summed E-state index contributed by atoms with van der Waals surface area (Å²) in [5, 5.41) is 11.0. The number of sulfonamides is 1. The van der Waals surface area contributed by atoms with Crippen LogP contribution in [0.5, 0.6) is 0 Å². The van der Waals surface area contributed by atoms with Crippen molar-refractivity contribution in [2.24, 2.45) is 5.41 Å². The van der Waals surface area contributed by atoms with Crippen molar-refractivity contribution in [3.63, 3.8) is 0 Å². The molecule has 2 saturated heterocycles. The number of piperidine rings is 1. The van der Waals surface area contributed by atoms with Crippen molar-refractivity contribution in [3.05, 3.63) is 69.7 Å². The summed E-state index contributed by atoms with van der Waals surface area (Å²) >= 11 is 14.7. The van der Waals surface area contributed by atoms with E-state index in [0.717, 1.165) is 35.7 Å². The molecule has 2 aromatic carbocycles. The van der Waals surface area contributed by atoms with Gasteiger partial charge >= 0.3 is 5.97 Å². The van der Waals surface area contributed by atoms with Crippen LogP contribution in [-0.4, -0.2) is 95.5 Å². The summed E-state index contributed by atoms with van der Waals surface area (Å²) in [6, 6.07) is 14.0. The zero-order valence-electron chi connectivity index (χ0n) is 25.9. The second-order valence-corrected chi connectivity index (χ2v) is 17.1. The Kier molecular flexibility index (Phi) is 11.1. The van der Waals surface area contributed by atoms with Crippen LogP contribution in [0.25, 0.3) is 0 Å². The molecule has 45 heavy (non-hydrogen) atoms. The van der Waals surface area contributed by atoms with Gasteiger partial charge in [-0.05, 0) is 74.0 Å². The van der Waals surface area contributed by atoms with Gasteiger partial charge in [0.2, 0.25) is 15.9 Å². The minimum Gasteiger partial charge on any atom is -0.481 e. The highest BCUT2D eigenvalue weighted by Crippen LogP contribution is 2.54. The molecule has 4 atom stereocenters. The van der Waals surface area contributed by atoms with Gasteiger partial charge in [-0.25, -0.2) is 12.7 Å². The number of amides is 1. The number of halogens is 2. The lowest BCUT2D eigenvalue weighted by molar-refractivity contribution is -0.163.